The second-order valence-corrected chi connectivity index (χ2v) is 7.60. The Morgan fingerprint density at radius 3 is 2.23 bits per heavy atom. The predicted molar refractivity (Wildman–Crippen MR) is 112 cm³/mol. The zero-order chi connectivity index (χ0) is 22.3. The van der Waals surface area contributed by atoms with E-state index >= 15 is 0 Å². The Morgan fingerprint density at radius 2 is 1.61 bits per heavy atom. The summed E-state index contributed by atoms with van der Waals surface area (Å²) >= 11 is 5.92. The summed E-state index contributed by atoms with van der Waals surface area (Å²) in [7, 11) is 0. The van der Waals surface area contributed by atoms with Gasteiger partial charge >= 0.3 is 6.18 Å². The molecule has 0 spiro atoms. The first-order valence-corrected chi connectivity index (χ1v) is 9.72. The van der Waals surface area contributed by atoms with Crippen molar-refractivity contribution in [1.82, 2.24) is 24.7 Å². The Bertz CT molecular complexity index is 1240. The molecule has 4 aromatic rings. The summed E-state index contributed by atoms with van der Waals surface area (Å²) in [5.41, 5.74) is 2.31. The van der Waals surface area contributed by atoms with Gasteiger partial charge in [0.1, 0.15) is 5.69 Å². The molecule has 0 aliphatic rings. The number of aromatic nitrogens is 5. The van der Waals surface area contributed by atoms with Crippen LogP contribution >= 0.6 is 11.6 Å². The van der Waals surface area contributed by atoms with E-state index in [1.165, 1.54) is 23.9 Å². The van der Waals surface area contributed by atoms with Gasteiger partial charge in [-0.1, -0.05) is 23.7 Å². The summed E-state index contributed by atoms with van der Waals surface area (Å²) in [5, 5.41) is 5.00. The summed E-state index contributed by atoms with van der Waals surface area (Å²) in [6.45, 7) is 5.10. The highest BCUT2D eigenvalue weighted by Gasteiger charge is 2.33. The Hall–Kier alpha value is -3.26. The van der Waals surface area contributed by atoms with Gasteiger partial charge in [0.25, 0.3) is 0 Å². The highest BCUT2D eigenvalue weighted by molar-refractivity contribution is 6.30. The number of benzene rings is 1. The van der Waals surface area contributed by atoms with Crippen molar-refractivity contribution in [2.24, 2.45) is 0 Å². The molecule has 31 heavy (non-hydrogen) atoms. The van der Waals surface area contributed by atoms with Crippen LogP contribution in [0.1, 0.15) is 22.5 Å². The Labute approximate surface area is 181 Å². The standard InChI is InChI=1S/C22H17ClF3N5/c1-12-4-5-15(10-18(12)22(24,25)26)21-29-20(19-7-6-16(23)11-27-19)30-31(21)17-8-13(2)28-14(3)9-17/h4-11H,1-3H3. The van der Waals surface area contributed by atoms with Crippen LogP contribution in [0.3, 0.4) is 0 Å². The number of rotatable bonds is 3. The van der Waals surface area contributed by atoms with Gasteiger partial charge in [-0.3, -0.25) is 9.97 Å². The lowest BCUT2D eigenvalue weighted by molar-refractivity contribution is -0.138. The molecule has 0 N–H and O–H groups in total. The fraction of sp³-hybridized carbons (Fsp3) is 0.182. The molecule has 0 fully saturated rings. The van der Waals surface area contributed by atoms with Gasteiger partial charge in [-0.05, 0) is 56.7 Å². The van der Waals surface area contributed by atoms with Crippen molar-refractivity contribution in [1.29, 1.82) is 0 Å². The van der Waals surface area contributed by atoms with Gasteiger partial charge in [0.15, 0.2) is 5.82 Å². The topological polar surface area (TPSA) is 56.5 Å². The van der Waals surface area contributed by atoms with Crippen LogP contribution in [0.4, 0.5) is 13.2 Å². The molecule has 1 aromatic carbocycles. The lowest BCUT2D eigenvalue weighted by Gasteiger charge is -2.13. The SMILES string of the molecule is Cc1cc(-n2nc(-c3ccc(Cl)cn3)nc2-c2ccc(C)c(C(F)(F)F)c2)cc(C)n1. The number of hydrogen-bond acceptors (Lipinski definition) is 4. The summed E-state index contributed by atoms with van der Waals surface area (Å²) in [6.07, 6.45) is -3.01. The highest BCUT2D eigenvalue weighted by Crippen LogP contribution is 2.35. The summed E-state index contributed by atoms with van der Waals surface area (Å²) in [5.74, 6) is 0.537. The van der Waals surface area contributed by atoms with E-state index in [0.717, 1.165) is 17.5 Å². The van der Waals surface area contributed by atoms with Gasteiger partial charge in [-0.2, -0.15) is 13.2 Å². The zero-order valence-corrected chi connectivity index (χ0v) is 17.6. The number of aryl methyl sites for hydroxylation is 3. The van der Waals surface area contributed by atoms with E-state index in [4.69, 9.17) is 11.6 Å². The smallest absolute Gasteiger partial charge is 0.258 e. The number of nitrogens with zero attached hydrogens (tertiary/aromatic N) is 5. The van der Waals surface area contributed by atoms with Crippen molar-refractivity contribution in [2.45, 2.75) is 26.9 Å². The third kappa shape index (κ3) is 4.29. The Balaban J connectivity index is 1.95. The van der Waals surface area contributed by atoms with Gasteiger partial charge in [0, 0.05) is 23.1 Å². The Kier molecular flexibility index (Phi) is 5.26. The lowest BCUT2D eigenvalue weighted by Crippen LogP contribution is -2.08. The van der Waals surface area contributed by atoms with Crippen molar-refractivity contribution in [2.75, 3.05) is 0 Å². The minimum Gasteiger partial charge on any atom is -0.258 e. The largest absolute Gasteiger partial charge is 0.416 e. The molecule has 9 heteroatoms. The monoisotopic (exact) mass is 443 g/mol. The summed E-state index contributed by atoms with van der Waals surface area (Å²) < 4.78 is 42.0. The summed E-state index contributed by atoms with van der Waals surface area (Å²) in [4.78, 5) is 13.1. The second kappa shape index (κ2) is 7.77. The lowest BCUT2D eigenvalue weighted by atomic mass is 10.0. The number of hydrogen-bond donors (Lipinski definition) is 0. The maximum Gasteiger partial charge on any atom is 0.416 e. The Morgan fingerprint density at radius 1 is 0.903 bits per heavy atom. The molecule has 0 saturated carbocycles. The third-order valence-corrected chi connectivity index (χ3v) is 4.90. The van der Waals surface area contributed by atoms with Crippen LogP contribution in [-0.4, -0.2) is 24.7 Å². The van der Waals surface area contributed by atoms with Crippen molar-refractivity contribution >= 4 is 11.6 Å². The molecule has 0 saturated heterocycles. The molecule has 3 heterocycles. The van der Waals surface area contributed by atoms with Crippen LogP contribution < -0.4 is 0 Å². The van der Waals surface area contributed by atoms with Crippen LogP contribution in [0.25, 0.3) is 28.6 Å². The first-order chi connectivity index (χ1) is 14.6. The van der Waals surface area contributed by atoms with Gasteiger partial charge < -0.3 is 0 Å². The van der Waals surface area contributed by atoms with Crippen LogP contribution in [0.5, 0.6) is 0 Å². The average molecular weight is 444 g/mol. The number of halogens is 4. The summed E-state index contributed by atoms with van der Waals surface area (Å²) in [6, 6.07) is 11.0. The molecule has 0 aliphatic carbocycles. The van der Waals surface area contributed by atoms with Crippen LogP contribution in [0, 0.1) is 20.8 Å². The molecule has 0 bridgehead atoms. The van der Waals surface area contributed by atoms with Crippen molar-refractivity contribution in [3.05, 3.63) is 76.2 Å². The van der Waals surface area contributed by atoms with Crippen molar-refractivity contribution < 1.29 is 13.2 Å². The fourth-order valence-corrected chi connectivity index (χ4v) is 3.41. The molecule has 0 radical (unpaired) electrons. The van der Waals surface area contributed by atoms with E-state index in [9.17, 15) is 13.2 Å². The van der Waals surface area contributed by atoms with Crippen LogP contribution in [0.2, 0.25) is 5.02 Å². The van der Waals surface area contributed by atoms with Crippen LogP contribution in [0.15, 0.2) is 48.7 Å². The molecule has 0 atom stereocenters. The number of alkyl halides is 3. The molecule has 0 amide bonds. The van der Waals surface area contributed by atoms with Gasteiger partial charge in [0.2, 0.25) is 5.82 Å². The molecule has 0 aliphatic heterocycles. The normalized spacial score (nSPS) is 11.7. The highest BCUT2D eigenvalue weighted by atomic mass is 35.5. The molecule has 0 unspecified atom stereocenters. The third-order valence-electron chi connectivity index (χ3n) is 4.68. The average Bonchev–Trinajstić information content (AvgIpc) is 3.13. The second-order valence-electron chi connectivity index (χ2n) is 7.17. The van der Waals surface area contributed by atoms with E-state index in [1.807, 2.05) is 13.8 Å². The molecule has 5 nitrogen and oxygen atoms in total. The minimum absolute atomic E-state index is 0.137. The number of pyridine rings is 2. The van der Waals surface area contributed by atoms with E-state index in [1.54, 1.807) is 30.3 Å². The van der Waals surface area contributed by atoms with Gasteiger partial charge in [-0.15, -0.1) is 5.10 Å². The predicted octanol–water partition coefficient (Wildman–Crippen LogP) is 5.99. The van der Waals surface area contributed by atoms with E-state index in [0.29, 0.717) is 16.4 Å². The maximum atomic E-state index is 13.5. The van der Waals surface area contributed by atoms with Crippen LogP contribution in [-0.2, 0) is 6.18 Å². The van der Waals surface area contributed by atoms with E-state index in [-0.39, 0.29) is 22.8 Å². The zero-order valence-electron chi connectivity index (χ0n) is 16.9. The van der Waals surface area contributed by atoms with Crippen molar-refractivity contribution in [3.8, 4) is 28.6 Å². The molecular formula is C22H17ClF3N5. The first-order valence-electron chi connectivity index (χ1n) is 9.35. The molecule has 3 aromatic heterocycles. The van der Waals surface area contributed by atoms with Gasteiger partial charge in [0.05, 0.1) is 16.3 Å². The van der Waals surface area contributed by atoms with Crippen molar-refractivity contribution in [3.63, 3.8) is 0 Å². The fourth-order valence-electron chi connectivity index (χ4n) is 3.30. The molecule has 4 rings (SSSR count). The first kappa shape index (κ1) is 21.0. The maximum absolute atomic E-state index is 13.5. The van der Waals surface area contributed by atoms with E-state index in [2.05, 4.69) is 20.1 Å². The van der Waals surface area contributed by atoms with E-state index < -0.39 is 11.7 Å². The van der Waals surface area contributed by atoms with Gasteiger partial charge in [-0.25, -0.2) is 9.67 Å². The quantitative estimate of drug-likeness (QED) is 0.390. The molecule has 158 valence electrons. The molecular weight excluding hydrogens is 427 g/mol. The minimum atomic E-state index is -4.48.